The molecule has 4 aliphatic rings. The van der Waals surface area contributed by atoms with Crippen LogP contribution in [0.15, 0.2) is 40.7 Å². The quantitative estimate of drug-likeness (QED) is 0.153. The van der Waals surface area contributed by atoms with Gasteiger partial charge in [0.05, 0.1) is 30.1 Å². The van der Waals surface area contributed by atoms with Crippen LogP contribution < -0.4 is 37.5 Å². The van der Waals surface area contributed by atoms with Gasteiger partial charge in [0.1, 0.15) is 23.9 Å². The Morgan fingerprint density at radius 3 is 2.77 bits per heavy atom. The van der Waals surface area contributed by atoms with Crippen molar-refractivity contribution in [3.05, 3.63) is 51.7 Å². The fourth-order valence-corrected chi connectivity index (χ4v) is 6.85. The number of carbonyl (C=O) groups excluding carboxylic acids is 2. The van der Waals surface area contributed by atoms with Gasteiger partial charge in [-0.25, -0.2) is 9.57 Å². The molecule has 6 rings (SSSR count). The van der Waals surface area contributed by atoms with Gasteiger partial charge in [0.2, 0.25) is 11.4 Å². The van der Waals surface area contributed by atoms with E-state index in [2.05, 4.69) is 40.1 Å². The molecule has 212 valence electrons. The van der Waals surface area contributed by atoms with E-state index in [1.54, 1.807) is 29.6 Å². The molecule has 4 atom stereocenters. The second-order valence-electron chi connectivity index (χ2n) is 11.2. The van der Waals surface area contributed by atoms with Gasteiger partial charge in [-0.3, -0.25) is 20.6 Å². The number of nitrogens with one attached hydrogen (secondary N) is 4. The molecular formula is C26H33N8O5S+. The molecule has 1 aromatic heterocycles. The zero-order valence-corrected chi connectivity index (χ0v) is 22.9. The molecule has 0 saturated carbocycles. The number of fused-ring (bicyclic) bond motifs is 1. The standard InChI is InChI=1S/C26H32N8O5S/c1-24(2)8-9-39-18-13(5-3-6-14(18)24)20(35)31-17-12-34-23(28)30-15(11-29-21(36)16-7-4-10-40-16)19-25(34,26(17,37)38)33-22(27)32-19/h3-7,10,15,17,19,37-38H,8-9,11-12H2,1-2H3,(H7,27,28,29,30,31,32,33,35,36)/p+1/t15-,17?,19-,25-/m0/s1. The number of rotatable bonds is 5. The van der Waals surface area contributed by atoms with Crippen molar-refractivity contribution in [1.82, 2.24) is 21.3 Å². The van der Waals surface area contributed by atoms with Crippen LogP contribution in [0.4, 0.5) is 0 Å². The predicted molar refractivity (Wildman–Crippen MR) is 147 cm³/mol. The average molecular weight is 570 g/mol. The number of ether oxygens (including phenoxy) is 1. The molecule has 14 heteroatoms. The van der Waals surface area contributed by atoms with E-state index in [-0.39, 0.29) is 36.3 Å². The van der Waals surface area contributed by atoms with Gasteiger partial charge in [-0.15, -0.1) is 11.3 Å². The van der Waals surface area contributed by atoms with Crippen molar-refractivity contribution in [2.75, 3.05) is 19.7 Å². The highest BCUT2D eigenvalue weighted by atomic mass is 32.1. The molecule has 1 spiro atoms. The number of nitrogens with two attached hydrogens (primary N) is 2. The molecule has 2 amide bonds. The van der Waals surface area contributed by atoms with Crippen LogP contribution in [-0.4, -0.2) is 87.8 Å². The maximum absolute atomic E-state index is 13.6. The molecule has 40 heavy (non-hydrogen) atoms. The maximum Gasteiger partial charge on any atom is 0.346 e. The van der Waals surface area contributed by atoms with E-state index in [0.29, 0.717) is 22.8 Å². The summed E-state index contributed by atoms with van der Waals surface area (Å²) in [5.41, 5.74) is 11.8. The highest BCUT2D eigenvalue weighted by Gasteiger charge is 2.75. The van der Waals surface area contributed by atoms with Crippen molar-refractivity contribution in [2.24, 2.45) is 16.5 Å². The minimum atomic E-state index is -2.57. The van der Waals surface area contributed by atoms with Crippen LogP contribution in [0.2, 0.25) is 0 Å². The molecular weight excluding hydrogens is 536 g/mol. The Balaban J connectivity index is 1.28. The minimum absolute atomic E-state index is 0.0201. The third-order valence-electron chi connectivity index (χ3n) is 8.36. The molecule has 10 N–H and O–H groups in total. The third kappa shape index (κ3) is 3.81. The van der Waals surface area contributed by atoms with E-state index < -0.39 is 35.5 Å². The summed E-state index contributed by atoms with van der Waals surface area (Å²) < 4.78 is 7.41. The van der Waals surface area contributed by atoms with Gasteiger partial charge in [0, 0.05) is 5.56 Å². The van der Waals surface area contributed by atoms with Crippen molar-refractivity contribution in [3.8, 4) is 5.75 Å². The Kier molecular flexibility index (Phi) is 5.98. The second-order valence-corrected chi connectivity index (χ2v) is 12.1. The van der Waals surface area contributed by atoms with E-state index in [0.717, 1.165) is 12.0 Å². The number of guanidine groups is 2. The van der Waals surface area contributed by atoms with E-state index in [9.17, 15) is 19.8 Å². The zero-order chi connectivity index (χ0) is 28.4. The Labute approximate surface area is 234 Å². The van der Waals surface area contributed by atoms with E-state index >= 15 is 0 Å². The van der Waals surface area contributed by atoms with Crippen LogP contribution in [0.5, 0.6) is 5.75 Å². The molecule has 2 aromatic rings. The Morgan fingerprint density at radius 1 is 1.23 bits per heavy atom. The first kappa shape index (κ1) is 26.3. The monoisotopic (exact) mass is 569 g/mol. The van der Waals surface area contributed by atoms with Gasteiger partial charge in [-0.1, -0.05) is 32.0 Å². The molecule has 4 aliphatic heterocycles. The highest BCUT2D eigenvalue weighted by molar-refractivity contribution is 7.12. The summed E-state index contributed by atoms with van der Waals surface area (Å²) in [5, 5.41) is 36.9. The van der Waals surface area contributed by atoms with Crippen molar-refractivity contribution >= 4 is 35.1 Å². The topological polar surface area (TPSA) is 199 Å². The van der Waals surface area contributed by atoms with Crippen molar-refractivity contribution in [2.45, 2.75) is 55.3 Å². The lowest BCUT2D eigenvalue weighted by Crippen LogP contribution is -2.79. The lowest BCUT2D eigenvalue weighted by atomic mass is 9.79. The summed E-state index contributed by atoms with van der Waals surface area (Å²) in [6, 6.07) is 6.15. The van der Waals surface area contributed by atoms with Crippen LogP contribution in [0.25, 0.3) is 0 Å². The first-order chi connectivity index (χ1) is 19.0. The number of amides is 2. The molecule has 0 aliphatic carbocycles. The van der Waals surface area contributed by atoms with Crippen LogP contribution in [-0.2, 0) is 5.41 Å². The summed E-state index contributed by atoms with van der Waals surface area (Å²) in [4.78, 5) is 31.1. The maximum atomic E-state index is 13.6. The molecule has 0 radical (unpaired) electrons. The summed E-state index contributed by atoms with van der Waals surface area (Å²) >= 11 is 1.30. The summed E-state index contributed by atoms with van der Waals surface area (Å²) in [7, 11) is 0. The number of hydrogen-bond donors (Lipinski definition) is 8. The SMILES string of the molecule is CC1(C)CCOc2c(C(=O)NC3C[N+]4=C(N)N[C@@H](CNC(=O)c5cccs5)[C@@H]5N=C(N)N[C@@]54C3(O)O)cccc21. The summed E-state index contributed by atoms with van der Waals surface area (Å²) in [6.07, 6.45) is 0.813. The van der Waals surface area contributed by atoms with Crippen LogP contribution in [0.3, 0.4) is 0 Å². The number of carbonyl (C=O) groups is 2. The molecule has 5 heterocycles. The molecule has 1 saturated heterocycles. The number of aliphatic hydroxyl groups is 2. The fourth-order valence-electron chi connectivity index (χ4n) is 6.21. The van der Waals surface area contributed by atoms with Crippen molar-refractivity contribution in [3.63, 3.8) is 0 Å². The number of nitrogens with zero attached hydrogens (tertiary/aromatic N) is 2. The largest absolute Gasteiger partial charge is 0.492 e. The predicted octanol–water partition coefficient (Wildman–Crippen LogP) is -1.69. The van der Waals surface area contributed by atoms with E-state index in [1.165, 1.54) is 15.9 Å². The van der Waals surface area contributed by atoms with Gasteiger partial charge in [-0.2, -0.15) is 0 Å². The van der Waals surface area contributed by atoms with Crippen molar-refractivity contribution in [1.29, 1.82) is 0 Å². The Hall–Kier alpha value is -3.88. The third-order valence-corrected chi connectivity index (χ3v) is 9.23. The van der Waals surface area contributed by atoms with Gasteiger partial charge < -0.3 is 36.6 Å². The normalized spacial score (nSPS) is 29.1. The zero-order valence-electron chi connectivity index (χ0n) is 22.1. The Morgan fingerprint density at radius 2 is 2.02 bits per heavy atom. The summed E-state index contributed by atoms with van der Waals surface area (Å²) in [5.74, 6) is -2.77. The van der Waals surface area contributed by atoms with Crippen LogP contribution in [0, 0.1) is 0 Å². The molecule has 0 bridgehead atoms. The fraction of sp³-hybridized carbons (Fsp3) is 0.462. The van der Waals surface area contributed by atoms with Gasteiger partial charge in [0.15, 0.2) is 5.96 Å². The van der Waals surface area contributed by atoms with Crippen LogP contribution in [0.1, 0.15) is 45.9 Å². The van der Waals surface area contributed by atoms with Gasteiger partial charge in [-0.05, 0) is 29.3 Å². The number of para-hydroxylation sites is 1. The smallest absolute Gasteiger partial charge is 0.346 e. The van der Waals surface area contributed by atoms with Crippen LogP contribution >= 0.6 is 11.3 Å². The molecule has 1 unspecified atom stereocenters. The number of aliphatic imine (C=N–C) groups is 1. The average Bonchev–Trinajstić information content (AvgIpc) is 3.61. The second kappa shape index (κ2) is 9.08. The van der Waals surface area contributed by atoms with E-state index in [1.807, 2.05) is 6.07 Å². The number of thiophene rings is 1. The molecule has 1 fully saturated rings. The minimum Gasteiger partial charge on any atom is -0.492 e. The Bertz CT molecular complexity index is 1440. The lowest BCUT2D eigenvalue weighted by molar-refractivity contribution is -0.623. The van der Waals surface area contributed by atoms with E-state index in [4.69, 9.17) is 16.2 Å². The molecule has 13 nitrogen and oxygen atoms in total. The first-order valence-corrected chi connectivity index (χ1v) is 14.0. The number of hydrogen-bond acceptors (Lipinski definition) is 11. The van der Waals surface area contributed by atoms with Gasteiger partial charge in [0.25, 0.3) is 11.8 Å². The number of benzene rings is 1. The first-order valence-electron chi connectivity index (χ1n) is 13.1. The van der Waals surface area contributed by atoms with Crippen molar-refractivity contribution < 1.29 is 29.1 Å². The lowest BCUT2D eigenvalue weighted by Gasteiger charge is -2.43. The highest BCUT2D eigenvalue weighted by Crippen LogP contribution is 2.43. The van der Waals surface area contributed by atoms with Gasteiger partial charge >= 0.3 is 5.96 Å². The summed E-state index contributed by atoms with van der Waals surface area (Å²) in [6.45, 7) is 4.68. The molecule has 1 aromatic carbocycles.